The van der Waals surface area contributed by atoms with Crippen molar-refractivity contribution < 1.29 is 19.5 Å². The van der Waals surface area contributed by atoms with Crippen LogP contribution in [0.1, 0.15) is 39.0 Å². The van der Waals surface area contributed by atoms with Gasteiger partial charge in [0.05, 0.1) is 5.41 Å². The molecule has 0 bridgehead atoms. The molecule has 3 N–H and O–H groups in total. The summed E-state index contributed by atoms with van der Waals surface area (Å²) in [7, 11) is 0. The van der Waals surface area contributed by atoms with E-state index < -0.39 is 11.4 Å². The number of amides is 2. The normalized spacial score (nSPS) is 26.2. The van der Waals surface area contributed by atoms with E-state index in [1.54, 1.807) is 0 Å². The molecule has 112 valence electrons. The summed E-state index contributed by atoms with van der Waals surface area (Å²) in [4.78, 5) is 34.3. The fraction of sp³-hybridized carbons (Fsp3) is 0.786. The maximum atomic E-state index is 11.6. The highest BCUT2D eigenvalue weighted by Gasteiger charge is 2.44. The molecule has 2 fully saturated rings. The lowest BCUT2D eigenvalue weighted by molar-refractivity contribution is -0.154. The second kappa shape index (κ2) is 5.81. The second-order valence-corrected chi connectivity index (χ2v) is 6.08. The summed E-state index contributed by atoms with van der Waals surface area (Å²) in [6.07, 6.45) is 3.28. The highest BCUT2D eigenvalue weighted by Crippen LogP contribution is 2.40. The molecule has 2 saturated carbocycles. The van der Waals surface area contributed by atoms with Gasteiger partial charge in [0.25, 0.3) is 0 Å². The fourth-order valence-corrected chi connectivity index (χ4v) is 2.54. The number of carboxylic acid groups (broad SMARTS) is 1. The summed E-state index contributed by atoms with van der Waals surface area (Å²) in [6, 6.07) is 0. The Balaban J connectivity index is 1.61. The number of nitrogens with one attached hydrogen (secondary N) is 2. The standard InChI is InChI=1S/C14H22N2O4/c1-9-7-10(9)12(18)15-6-3-11(17)16-8-14(13(19)20)4-2-5-14/h9-10H,2-8H2,1H3,(H,15,18)(H,16,17)(H,19,20). The van der Waals surface area contributed by atoms with E-state index in [0.29, 0.717) is 25.3 Å². The van der Waals surface area contributed by atoms with Crippen molar-refractivity contribution in [1.82, 2.24) is 10.6 Å². The number of rotatable bonds is 7. The third-order valence-electron chi connectivity index (χ3n) is 4.49. The molecule has 0 heterocycles. The molecule has 0 aromatic rings. The smallest absolute Gasteiger partial charge is 0.311 e. The molecule has 2 aliphatic carbocycles. The molecule has 0 spiro atoms. The first kappa shape index (κ1) is 14.8. The topological polar surface area (TPSA) is 95.5 Å². The number of carboxylic acids is 1. The lowest BCUT2D eigenvalue weighted by Gasteiger charge is -2.37. The molecule has 2 amide bonds. The molecule has 2 atom stereocenters. The quantitative estimate of drug-likeness (QED) is 0.634. The van der Waals surface area contributed by atoms with Crippen LogP contribution in [0.15, 0.2) is 0 Å². The van der Waals surface area contributed by atoms with E-state index in [9.17, 15) is 14.4 Å². The van der Waals surface area contributed by atoms with Crippen molar-refractivity contribution in [3.05, 3.63) is 0 Å². The van der Waals surface area contributed by atoms with Crippen molar-refractivity contribution in [3.63, 3.8) is 0 Å². The molecule has 2 aliphatic rings. The Hall–Kier alpha value is -1.59. The summed E-state index contributed by atoms with van der Waals surface area (Å²) in [6.45, 7) is 2.53. The van der Waals surface area contributed by atoms with Crippen LogP contribution in [0.4, 0.5) is 0 Å². The van der Waals surface area contributed by atoms with Gasteiger partial charge in [0.15, 0.2) is 0 Å². The van der Waals surface area contributed by atoms with Gasteiger partial charge in [0, 0.05) is 25.4 Å². The van der Waals surface area contributed by atoms with Crippen LogP contribution in [0, 0.1) is 17.3 Å². The summed E-state index contributed by atoms with van der Waals surface area (Å²) < 4.78 is 0. The minimum absolute atomic E-state index is 0.0197. The van der Waals surface area contributed by atoms with Gasteiger partial charge in [0.1, 0.15) is 0 Å². The summed E-state index contributed by atoms with van der Waals surface area (Å²) in [5, 5.41) is 14.5. The third-order valence-corrected chi connectivity index (χ3v) is 4.49. The minimum atomic E-state index is -0.833. The number of hydrogen-bond donors (Lipinski definition) is 3. The van der Waals surface area contributed by atoms with E-state index in [-0.39, 0.29) is 30.7 Å². The first-order valence-corrected chi connectivity index (χ1v) is 7.22. The van der Waals surface area contributed by atoms with Crippen LogP contribution >= 0.6 is 0 Å². The molecule has 0 aromatic carbocycles. The van der Waals surface area contributed by atoms with Crippen LogP contribution in [0.3, 0.4) is 0 Å². The van der Waals surface area contributed by atoms with Crippen LogP contribution in [-0.2, 0) is 14.4 Å². The van der Waals surface area contributed by atoms with E-state index in [1.165, 1.54) is 0 Å². The van der Waals surface area contributed by atoms with Crippen molar-refractivity contribution >= 4 is 17.8 Å². The van der Waals surface area contributed by atoms with Gasteiger partial charge in [0.2, 0.25) is 11.8 Å². The summed E-state index contributed by atoms with van der Waals surface area (Å²) >= 11 is 0. The van der Waals surface area contributed by atoms with Gasteiger partial charge in [-0.15, -0.1) is 0 Å². The fourth-order valence-electron chi connectivity index (χ4n) is 2.54. The first-order valence-electron chi connectivity index (χ1n) is 7.22. The second-order valence-electron chi connectivity index (χ2n) is 6.08. The zero-order valence-corrected chi connectivity index (χ0v) is 11.8. The van der Waals surface area contributed by atoms with Gasteiger partial charge >= 0.3 is 5.97 Å². The van der Waals surface area contributed by atoms with Crippen molar-refractivity contribution in [2.45, 2.75) is 39.0 Å². The molecule has 2 unspecified atom stereocenters. The van der Waals surface area contributed by atoms with E-state index in [0.717, 1.165) is 12.8 Å². The van der Waals surface area contributed by atoms with Crippen LogP contribution in [-0.4, -0.2) is 36.0 Å². The largest absolute Gasteiger partial charge is 0.481 e. The number of aliphatic carboxylic acids is 1. The Morgan fingerprint density at radius 2 is 1.90 bits per heavy atom. The Labute approximate surface area is 118 Å². The highest BCUT2D eigenvalue weighted by atomic mass is 16.4. The molecule has 0 aliphatic heterocycles. The van der Waals surface area contributed by atoms with E-state index in [4.69, 9.17) is 5.11 Å². The maximum Gasteiger partial charge on any atom is 0.311 e. The molecule has 0 aromatic heterocycles. The van der Waals surface area contributed by atoms with E-state index in [2.05, 4.69) is 10.6 Å². The zero-order chi connectivity index (χ0) is 14.8. The lowest BCUT2D eigenvalue weighted by Crippen LogP contribution is -2.47. The van der Waals surface area contributed by atoms with Crippen LogP contribution in [0.5, 0.6) is 0 Å². The molecule has 2 rings (SSSR count). The predicted molar refractivity (Wildman–Crippen MR) is 71.8 cm³/mol. The minimum Gasteiger partial charge on any atom is -0.481 e. The number of hydrogen-bond acceptors (Lipinski definition) is 3. The van der Waals surface area contributed by atoms with Crippen LogP contribution < -0.4 is 10.6 Å². The molecule has 0 radical (unpaired) electrons. The van der Waals surface area contributed by atoms with E-state index >= 15 is 0 Å². The van der Waals surface area contributed by atoms with Gasteiger partial charge in [-0.1, -0.05) is 13.3 Å². The Morgan fingerprint density at radius 3 is 2.35 bits per heavy atom. The van der Waals surface area contributed by atoms with Gasteiger partial charge in [-0.25, -0.2) is 0 Å². The van der Waals surface area contributed by atoms with E-state index in [1.807, 2.05) is 6.92 Å². The first-order chi connectivity index (χ1) is 9.44. The van der Waals surface area contributed by atoms with Crippen LogP contribution in [0.25, 0.3) is 0 Å². The Kier molecular flexibility index (Phi) is 4.30. The summed E-state index contributed by atoms with van der Waals surface area (Å²) in [5.41, 5.74) is -0.762. The SMILES string of the molecule is CC1CC1C(=O)NCCC(=O)NCC1(C(=O)O)CCC1. The zero-order valence-electron chi connectivity index (χ0n) is 11.8. The van der Waals surface area contributed by atoms with Gasteiger partial charge in [-0.2, -0.15) is 0 Å². The van der Waals surface area contributed by atoms with Crippen molar-refractivity contribution in [2.75, 3.05) is 13.1 Å². The van der Waals surface area contributed by atoms with Crippen LogP contribution in [0.2, 0.25) is 0 Å². The lowest BCUT2D eigenvalue weighted by atomic mass is 9.69. The highest BCUT2D eigenvalue weighted by molar-refractivity contribution is 5.83. The van der Waals surface area contributed by atoms with Crippen molar-refractivity contribution in [1.29, 1.82) is 0 Å². The average molecular weight is 282 g/mol. The molecule has 6 heteroatoms. The van der Waals surface area contributed by atoms with Crippen molar-refractivity contribution in [2.24, 2.45) is 17.3 Å². The molecular weight excluding hydrogens is 260 g/mol. The molecule has 6 nitrogen and oxygen atoms in total. The molecule has 0 saturated heterocycles. The van der Waals surface area contributed by atoms with Gasteiger partial charge < -0.3 is 15.7 Å². The number of carbonyl (C=O) groups excluding carboxylic acids is 2. The maximum absolute atomic E-state index is 11.6. The van der Waals surface area contributed by atoms with Crippen molar-refractivity contribution in [3.8, 4) is 0 Å². The predicted octanol–water partition coefficient (Wildman–Crippen LogP) is 0.520. The average Bonchev–Trinajstić information content (AvgIpc) is 3.04. The molecule has 20 heavy (non-hydrogen) atoms. The van der Waals surface area contributed by atoms with Gasteiger partial charge in [-0.3, -0.25) is 14.4 Å². The Bertz CT molecular complexity index is 417. The number of carbonyl (C=O) groups is 3. The Morgan fingerprint density at radius 1 is 1.25 bits per heavy atom. The third kappa shape index (κ3) is 3.29. The van der Waals surface area contributed by atoms with Gasteiger partial charge in [-0.05, 0) is 25.2 Å². The molecular formula is C14H22N2O4. The monoisotopic (exact) mass is 282 g/mol. The summed E-state index contributed by atoms with van der Waals surface area (Å²) in [5.74, 6) is -0.450.